The van der Waals surface area contributed by atoms with Crippen molar-refractivity contribution in [1.29, 1.82) is 0 Å². The Morgan fingerprint density at radius 3 is 2.36 bits per heavy atom. The molecule has 4 nitrogen and oxygen atoms in total. The number of amides is 1. The fraction of sp³-hybridized carbons (Fsp3) is 0.900. The van der Waals surface area contributed by atoms with Crippen LogP contribution in [0.3, 0.4) is 0 Å². The molecule has 14 heavy (non-hydrogen) atoms. The number of carbonyl (C=O) groups excluding carboxylic acids is 1. The molecular weight excluding hydrogens is 180 g/mol. The number of rotatable bonds is 2. The first-order valence-electron chi connectivity index (χ1n) is 5.04. The zero-order chi connectivity index (χ0) is 10.9. The zero-order valence-electron chi connectivity index (χ0n) is 9.08. The van der Waals surface area contributed by atoms with Crippen molar-refractivity contribution in [2.75, 3.05) is 0 Å². The molecule has 1 saturated carbocycles. The predicted molar refractivity (Wildman–Crippen MR) is 54.6 cm³/mol. The average molecular weight is 200 g/mol. The van der Waals surface area contributed by atoms with Gasteiger partial charge in [0.15, 0.2) is 0 Å². The molecule has 0 aromatic carbocycles. The fourth-order valence-corrected chi connectivity index (χ4v) is 1.39. The molecule has 0 radical (unpaired) electrons. The van der Waals surface area contributed by atoms with Crippen LogP contribution >= 0.6 is 0 Å². The van der Waals surface area contributed by atoms with Gasteiger partial charge in [0.05, 0.1) is 12.1 Å². The summed E-state index contributed by atoms with van der Waals surface area (Å²) in [6, 6.07) is -0.369. The third-order valence-corrected chi connectivity index (χ3v) is 2.68. The van der Waals surface area contributed by atoms with Gasteiger partial charge in [-0.2, -0.15) is 0 Å². The highest BCUT2D eigenvalue weighted by molar-refractivity contribution is 5.82. The Morgan fingerprint density at radius 2 is 2.00 bits per heavy atom. The second-order valence-electron chi connectivity index (χ2n) is 5.17. The van der Waals surface area contributed by atoms with Gasteiger partial charge in [0.2, 0.25) is 5.91 Å². The lowest BCUT2D eigenvalue weighted by atomic mass is 9.85. The van der Waals surface area contributed by atoms with Crippen LogP contribution in [-0.4, -0.2) is 29.2 Å². The van der Waals surface area contributed by atoms with Crippen LogP contribution in [0.1, 0.15) is 33.6 Å². The number of hydrogen-bond donors (Lipinski definition) is 3. The predicted octanol–water partition coefficient (Wildman–Crippen LogP) is -0.000700. The van der Waals surface area contributed by atoms with Crippen molar-refractivity contribution in [2.24, 2.45) is 11.1 Å². The van der Waals surface area contributed by atoms with E-state index in [4.69, 9.17) is 10.8 Å². The number of aliphatic hydroxyl groups is 1. The molecule has 82 valence electrons. The molecule has 0 aliphatic heterocycles. The maximum Gasteiger partial charge on any atom is 0.237 e. The number of hydrogen-bond acceptors (Lipinski definition) is 3. The van der Waals surface area contributed by atoms with Crippen molar-refractivity contribution < 1.29 is 9.90 Å². The first kappa shape index (κ1) is 11.5. The van der Waals surface area contributed by atoms with E-state index in [-0.39, 0.29) is 23.5 Å². The maximum absolute atomic E-state index is 11.6. The summed E-state index contributed by atoms with van der Waals surface area (Å²) < 4.78 is 0. The quantitative estimate of drug-likeness (QED) is 0.587. The number of carbonyl (C=O) groups is 1. The van der Waals surface area contributed by atoms with Gasteiger partial charge in [0, 0.05) is 6.04 Å². The van der Waals surface area contributed by atoms with Gasteiger partial charge in [-0.3, -0.25) is 4.79 Å². The minimum absolute atomic E-state index is 0.116. The molecular formula is C10H20N2O2. The standard InChI is InChI=1S/C10H20N2O2/c1-10(2,3)8(11)9(14)12-6-4-7(13)5-6/h6-8,13H,4-5,11H2,1-3H3,(H,12,14)/t6?,7?,8-/m1/s1. The zero-order valence-corrected chi connectivity index (χ0v) is 9.08. The average Bonchev–Trinajstić information content (AvgIpc) is 1.98. The van der Waals surface area contributed by atoms with Crippen molar-refractivity contribution in [3.63, 3.8) is 0 Å². The van der Waals surface area contributed by atoms with Gasteiger partial charge in [-0.05, 0) is 18.3 Å². The molecule has 1 fully saturated rings. The molecule has 4 heteroatoms. The minimum Gasteiger partial charge on any atom is -0.393 e. The summed E-state index contributed by atoms with van der Waals surface area (Å²) >= 11 is 0. The molecule has 0 aromatic heterocycles. The SMILES string of the molecule is CC(C)(C)[C@H](N)C(=O)NC1CC(O)C1. The third-order valence-electron chi connectivity index (χ3n) is 2.68. The second-order valence-corrected chi connectivity index (χ2v) is 5.17. The van der Waals surface area contributed by atoms with E-state index in [0.717, 1.165) is 0 Å². The molecule has 0 unspecified atom stereocenters. The Morgan fingerprint density at radius 1 is 1.50 bits per heavy atom. The first-order valence-corrected chi connectivity index (χ1v) is 5.04. The lowest BCUT2D eigenvalue weighted by Gasteiger charge is -2.34. The van der Waals surface area contributed by atoms with Gasteiger partial charge in [0.25, 0.3) is 0 Å². The van der Waals surface area contributed by atoms with Gasteiger partial charge in [-0.25, -0.2) is 0 Å². The van der Waals surface area contributed by atoms with E-state index in [1.807, 2.05) is 20.8 Å². The number of aliphatic hydroxyl groups excluding tert-OH is 1. The molecule has 4 N–H and O–H groups in total. The Hall–Kier alpha value is -0.610. The normalized spacial score (nSPS) is 29.2. The lowest BCUT2D eigenvalue weighted by molar-refractivity contribution is -0.126. The van der Waals surface area contributed by atoms with E-state index >= 15 is 0 Å². The molecule has 0 spiro atoms. The Labute approximate surface area is 84.9 Å². The summed E-state index contributed by atoms with van der Waals surface area (Å²) in [5, 5.41) is 11.9. The molecule has 0 bridgehead atoms. The van der Waals surface area contributed by atoms with Gasteiger partial charge in [0.1, 0.15) is 0 Å². The van der Waals surface area contributed by atoms with Crippen LogP contribution in [0.15, 0.2) is 0 Å². The van der Waals surface area contributed by atoms with E-state index in [1.54, 1.807) is 0 Å². The molecule has 0 aromatic rings. The van der Waals surface area contributed by atoms with Gasteiger partial charge >= 0.3 is 0 Å². The van der Waals surface area contributed by atoms with Crippen LogP contribution in [0, 0.1) is 5.41 Å². The molecule has 1 aliphatic carbocycles. The van der Waals surface area contributed by atoms with E-state index in [2.05, 4.69) is 5.32 Å². The van der Waals surface area contributed by atoms with Gasteiger partial charge < -0.3 is 16.2 Å². The van der Waals surface area contributed by atoms with E-state index in [9.17, 15) is 4.79 Å². The molecule has 1 aliphatic rings. The summed E-state index contributed by atoms with van der Waals surface area (Å²) in [7, 11) is 0. The number of nitrogens with two attached hydrogens (primary N) is 1. The van der Waals surface area contributed by atoms with Crippen LogP contribution in [0.25, 0.3) is 0 Å². The molecule has 0 heterocycles. The Kier molecular flexibility index (Phi) is 3.17. The van der Waals surface area contributed by atoms with Crippen LogP contribution in [0.4, 0.5) is 0 Å². The second kappa shape index (κ2) is 3.87. The third kappa shape index (κ3) is 2.69. The maximum atomic E-state index is 11.6. The minimum atomic E-state index is -0.486. The summed E-state index contributed by atoms with van der Waals surface area (Å²) in [6.07, 6.45) is 1.07. The van der Waals surface area contributed by atoms with Crippen LogP contribution in [0.2, 0.25) is 0 Å². The largest absolute Gasteiger partial charge is 0.393 e. The van der Waals surface area contributed by atoms with E-state index in [0.29, 0.717) is 12.8 Å². The monoisotopic (exact) mass is 200 g/mol. The first-order chi connectivity index (χ1) is 6.30. The van der Waals surface area contributed by atoms with E-state index < -0.39 is 6.04 Å². The molecule has 0 saturated heterocycles. The van der Waals surface area contributed by atoms with Crippen molar-refractivity contribution in [3.8, 4) is 0 Å². The molecule has 1 atom stereocenters. The van der Waals surface area contributed by atoms with Gasteiger partial charge in [-0.1, -0.05) is 20.8 Å². The lowest BCUT2D eigenvalue weighted by Crippen LogP contribution is -2.55. The van der Waals surface area contributed by atoms with Crippen molar-refractivity contribution in [1.82, 2.24) is 5.32 Å². The van der Waals surface area contributed by atoms with Crippen LogP contribution < -0.4 is 11.1 Å². The summed E-state index contributed by atoms with van der Waals surface area (Å²) in [4.78, 5) is 11.6. The summed E-state index contributed by atoms with van der Waals surface area (Å²) in [5.41, 5.74) is 5.57. The van der Waals surface area contributed by atoms with E-state index in [1.165, 1.54) is 0 Å². The molecule has 1 amide bonds. The highest BCUT2D eigenvalue weighted by atomic mass is 16.3. The molecule has 1 rings (SSSR count). The highest BCUT2D eigenvalue weighted by Crippen LogP contribution is 2.21. The Bertz CT molecular complexity index is 217. The van der Waals surface area contributed by atoms with Crippen LogP contribution in [0.5, 0.6) is 0 Å². The topological polar surface area (TPSA) is 75.4 Å². The Balaban J connectivity index is 2.35. The van der Waals surface area contributed by atoms with Crippen molar-refractivity contribution in [3.05, 3.63) is 0 Å². The van der Waals surface area contributed by atoms with Crippen molar-refractivity contribution >= 4 is 5.91 Å². The van der Waals surface area contributed by atoms with Crippen LogP contribution in [-0.2, 0) is 4.79 Å². The number of nitrogens with one attached hydrogen (secondary N) is 1. The summed E-state index contributed by atoms with van der Waals surface area (Å²) in [6.45, 7) is 5.81. The fourth-order valence-electron chi connectivity index (χ4n) is 1.39. The van der Waals surface area contributed by atoms with Crippen molar-refractivity contribution in [2.45, 2.75) is 51.8 Å². The highest BCUT2D eigenvalue weighted by Gasteiger charge is 2.33. The summed E-state index contributed by atoms with van der Waals surface area (Å²) in [5.74, 6) is -0.116. The van der Waals surface area contributed by atoms with Gasteiger partial charge in [-0.15, -0.1) is 0 Å². The smallest absolute Gasteiger partial charge is 0.237 e.